The maximum atomic E-state index is 14.8. The maximum Gasteiger partial charge on any atom is 0.341 e. The van der Waals surface area contributed by atoms with E-state index in [-0.39, 0.29) is 30.3 Å². The molecule has 1 saturated heterocycles. The van der Waals surface area contributed by atoms with Gasteiger partial charge >= 0.3 is 5.97 Å². The van der Waals surface area contributed by atoms with Crippen molar-refractivity contribution >= 4 is 28.2 Å². The Balaban J connectivity index is 2.13. The van der Waals surface area contributed by atoms with Gasteiger partial charge in [0, 0.05) is 31.4 Å². The lowest BCUT2D eigenvalue weighted by molar-refractivity contribution is 0.0695. The summed E-state index contributed by atoms with van der Waals surface area (Å²) < 4.78 is 43.9. The van der Waals surface area contributed by atoms with Crippen molar-refractivity contribution in [3.05, 3.63) is 57.6 Å². The van der Waals surface area contributed by atoms with Crippen molar-refractivity contribution in [2.45, 2.75) is 6.04 Å². The summed E-state index contributed by atoms with van der Waals surface area (Å²) in [5.74, 6) is -6.05. The predicted octanol–water partition coefficient (Wildman–Crippen LogP) is 1.54. The second-order valence-corrected chi connectivity index (χ2v) is 6.99. The van der Waals surface area contributed by atoms with Gasteiger partial charge in [0.15, 0.2) is 11.6 Å². The van der Waals surface area contributed by atoms with Crippen LogP contribution in [0.3, 0.4) is 0 Å². The van der Waals surface area contributed by atoms with E-state index in [1.165, 1.54) is 11.0 Å². The molecule has 0 aliphatic carbocycles. The molecule has 1 aliphatic heterocycles. The molecule has 30 heavy (non-hydrogen) atoms. The highest BCUT2D eigenvalue weighted by atomic mass is 19.1. The van der Waals surface area contributed by atoms with Crippen LogP contribution >= 0.6 is 0 Å². The van der Waals surface area contributed by atoms with Crippen molar-refractivity contribution in [3.8, 4) is 11.4 Å². The standard InChI is InChI=1S/C19H15F3N4O4/c20-9-1-10(21)12(2-11(9)24)26-6-8(19(29)30)17(27)15-13(26)3-14(16(22)18(15)28)25-4-7(23)5-25/h1-3,6-7,28H,4-5,23-24H2,(H,29,30). The van der Waals surface area contributed by atoms with Gasteiger partial charge in [0.05, 0.1) is 28.0 Å². The number of anilines is 2. The first-order chi connectivity index (χ1) is 14.1. The zero-order valence-corrected chi connectivity index (χ0v) is 15.2. The summed E-state index contributed by atoms with van der Waals surface area (Å²) in [6, 6.07) is 2.35. The first-order valence-electron chi connectivity index (χ1n) is 8.69. The molecular formula is C19H15F3N4O4. The Hall–Kier alpha value is -3.73. The number of aromatic hydroxyl groups is 1. The van der Waals surface area contributed by atoms with Crippen LogP contribution in [0.25, 0.3) is 16.6 Å². The fourth-order valence-electron chi connectivity index (χ4n) is 3.45. The summed E-state index contributed by atoms with van der Waals surface area (Å²) in [6.45, 7) is 0.550. The Morgan fingerprint density at radius 3 is 2.37 bits per heavy atom. The lowest BCUT2D eigenvalue weighted by atomic mass is 10.0. The quantitative estimate of drug-likeness (QED) is 0.472. The van der Waals surface area contributed by atoms with Crippen LogP contribution in [0.1, 0.15) is 10.4 Å². The van der Waals surface area contributed by atoms with E-state index in [9.17, 15) is 33.0 Å². The lowest BCUT2D eigenvalue weighted by Crippen LogP contribution is -2.56. The fraction of sp³-hybridized carbons (Fsp3) is 0.158. The van der Waals surface area contributed by atoms with Gasteiger partial charge in [0.2, 0.25) is 5.43 Å². The molecule has 3 aromatic rings. The lowest BCUT2D eigenvalue weighted by Gasteiger charge is -2.39. The topological polar surface area (TPSA) is 135 Å². The molecule has 0 saturated carbocycles. The number of aromatic carboxylic acids is 1. The van der Waals surface area contributed by atoms with Crippen molar-refractivity contribution in [1.82, 2.24) is 4.57 Å². The largest absolute Gasteiger partial charge is 0.504 e. The Bertz CT molecular complexity index is 1290. The number of carbonyl (C=O) groups is 1. The molecule has 8 nitrogen and oxygen atoms in total. The zero-order chi connectivity index (χ0) is 21.9. The number of pyridine rings is 1. The van der Waals surface area contributed by atoms with Crippen LogP contribution < -0.4 is 21.8 Å². The molecule has 1 fully saturated rings. The second-order valence-electron chi connectivity index (χ2n) is 6.99. The van der Waals surface area contributed by atoms with Gasteiger partial charge in [-0.1, -0.05) is 0 Å². The van der Waals surface area contributed by atoms with Crippen molar-refractivity contribution in [2.75, 3.05) is 23.7 Å². The number of hydrogen-bond acceptors (Lipinski definition) is 6. The third kappa shape index (κ3) is 2.82. The monoisotopic (exact) mass is 420 g/mol. The molecule has 2 heterocycles. The molecule has 1 aliphatic rings. The van der Waals surface area contributed by atoms with Gasteiger partial charge in [-0.25, -0.2) is 18.0 Å². The van der Waals surface area contributed by atoms with Gasteiger partial charge in [-0.05, 0) is 12.1 Å². The molecule has 0 spiro atoms. The van der Waals surface area contributed by atoms with E-state index in [4.69, 9.17) is 11.5 Å². The van der Waals surface area contributed by atoms with Gasteiger partial charge in [-0.3, -0.25) is 4.79 Å². The summed E-state index contributed by atoms with van der Waals surface area (Å²) in [7, 11) is 0. The number of halogens is 3. The van der Waals surface area contributed by atoms with Crippen molar-refractivity contribution < 1.29 is 28.2 Å². The molecule has 0 amide bonds. The first-order valence-corrected chi connectivity index (χ1v) is 8.69. The average Bonchev–Trinajstić information content (AvgIpc) is 2.65. The Morgan fingerprint density at radius 1 is 1.10 bits per heavy atom. The first kappa shape index (κ1) is 19.6. The highest BCUT2D eigenvalue weighted by Crippen LogP contribution is 2.37. The highest BCUT2D eigenvalue weighted by Gasteiger charge is 2.30. The molecule has 4 rings (SSSR count). The summed E-state index contributed by atoms with van der Waals surface area (Å²) in [5, 5.41) is 19.1. The minimum atomic E-state index is -1.68. The summed E-state index contributed by atoms with van der Waals surface area (Å²) in [6.07, 6.45) is 0.811. The third-order valence-corrected chi connectivity index (χ3v) is 5.00. The van der Waals surface area contributed by atoms with Crippen LogP contribution in [0.15, 0.2) is 29.2 Å². The van der Waals surface area contributed by atoms with E-state index in [0.29, 0.717) is 6.07 Å². The summed E-state index contributed by atoms with van der Waals surface area (Å²) in [4.78, 5) is 25.6. The maximum absolute atomic E-state index is 14.8. The van der Waals surface area contributed by atoms with E-state index >= 15 is 0 Å². The second kappa shape index (κ2) is 6.66. The summed E-state index contributed by atoms with van der Waals surface area (Å²) >= 11 is 0. The number of carboxylic acid groups (broad SMARTS) is 1. The third-order valence-electron chi connectivity index (χ3n) is 5.00. The molecule has 1 aromatic heterocycles. The van der Waals surface area contributed by atoms with E-state index in [1.54, 1.807) is 0 Å². The molecule has 2 aromatic carbocycles. The number of nitrogens with zero attached hydrogens (tertiary/aromatic N) is 2. The molecule has 0 unspecified atom stereocenters. The van der Waals surface area contributed by atoms with E-state index in [1.807, 2.05) is 0 Å². The average molecular weight is 420 g/mol. The van der Waals surface area contributed by atoms with Gasteiger partial charge in [-0.2, -0.15) is 0 Å². The summed E-state index contributed by atoms with van der Waals surface area (Å²) in [5.41, 5.74) is 8.09. The van der Waals surface area contributed by atoms with Crippen LogP contribution in [0.4, 0.5) is 24.5 Å². The van der Waals surface area contributed by atoms with Crippen LogP contribution in [0.2, 0.25) is 0 Å². The molecule has 156 valence electrons. The van der Waals surface area contributed by atoms with Crippen LogP contribution in [0.5, 0.6) is 5.75 Å². The minimum Gasteiger partial charge on any atom is -0.504 e. The number of phenols is 1. The highest BCUT2D eigenvalue weighted by molar-refractivity contribution is 5.97. The van der Waals surface area contributed by atoms with Crippen LogP contribution in [0, 0.1) is 17.5 Å². The Labute approximate surface area is 166 Å². The molecule has 11 heteroatoms. The normalized spacial score (nSPS) is 14.2. The molecule has 0 atom stereocenters. The number of carboxylic acids is 1. The number of fused-ring (bicyclic) bond motifs is 1. The van der Waals surface area contributed by atoms with Crippen molar-refractivity contribution in [2.24, 2.45) is 5.73 Å². The number of aromatic nitrogens is 1. The van der Waals surface area contributed by atoms with E-state index in [2.05, 4.69) is 0 Å². The van der Waals surface area contributed by atoms with Gasteiger partial charge in [0.1, 0.15) is 17.2 Å². The Morgan fingerprint density at radius 2 is 1.77 bits per heavy atom. The molecule has 6 N–H and O–H groups in total. The van der Waals surface area contributed by atoms with E-state index < -0.39 is 56.9 Å². The number of nitrogens with two attached hydrogens (primary N) is 2. The molecular weight excluding hydrogens is 405 g/mol. The SMILES string of the molecule is Nc1cc(-n2cc(C(=O)O)c(=O)c3c(O)c(F)c(N4CC(N)C4)cc32)c(F)cc1F. The number of hydrogen-bond donors (Lipinski definition) is 4. The number of rotatable bonds is 3. The molecule has 0 radical (unpaired) electrons. The van der Waals surface area contributed by atoms with Gasteiger partial charge in [0.25, 0.3) is 0 Å². The molecule has 0 bridgehead atoms. The number of phenolic OH excluding ortho intramolecular Hbond substituents is 1. The smallest absolute Gasteiger partial charge is 0.341 e. The van der Waals surface area contributed by atoms with Crippen LogP contribution in [-0.2, 0) is 0 Å². The number of benzene rings is 2. The van der Waals surface area contributed by atoms with Crippen LogP contribution in [-0.4, -0.2) is 39.9 Å². The zero-order valence-electron chi connectivity index (χ0n) is 15.2. The van der Waals surface area contributed by atoms with Crippen molar-refractivity contribution in [1.29, 1.82) is 0 Å². The fourth-order valence-corrected chi connectivity index (χ4v) is 3.45. The Kier molecular flexibility index (Phi) is 4.35. The number of nitrogen functional groups attached to an aromatic ring is 1. The van der Waals surface area contributed by atoms with Crippen molar-refractivity contribution in [3.63, 3.8) is 0 Å². The van der Waals surface area contributed by atoms with E-state index in [0.717, 1.165) is 16.8 Å². The van der Waals surface area contributed by atoms with Gasteiger partial charge < -0.3 is 31.1 Å². The predicted molar refractivity (Wildman–Crippen MR) is 103 cm³/mol. The van der Waals surface area contributed by atoms with Gasteiger partial charge in [-0.15, -0.1) is 0 Å². The minimum absolute atomic E-state index is 0.103.